The Morgan fingerprint density at radius 1 is 1.20 bits per heavy atom. The molecule has 2 N–H and O–H groups in total. The van der Waals surface area contributed by atoms with Crippen LogP contribution in [0.4, 0.5) is 11.5 Å². The molecule has 2 rings (SSSR count). The number of carbonyl (C=O) groups is 1. The lowest BCUT2D eigenvalue weighted by atomic mass is 10.1. The van der Waals surface area contributed by atoms with Crippen molar-refractivity contribution >= 4 is 17.4 Å². The first kappa shape index (κ1) is 18.9. The second-order valence-corrected chi connectivity index (χ2v) is 6.29. The molecular weight excluding hydrogens is 314 g/mol. The zero-order valence-electron chi connectivity index (χ0n) is 15.5. The molecular formula is C19H27N5O. The molecule has 0 aliphatic carbocycles. The molecule has 1 amide bonds. The standard InChI is InChI=1S/C19H27N5O/c1-5-15-9-6-8-14(2)18(15)23-19(25)16-12-22-17(13-21-16)20-10-7-11-24(3)4/h6,8-9,12-13H,5,7,10-11H2,1-4H3,(H,20,22)(H,23,25). The van der Waals surface area contributed by atoms with E-state index in [0.717, 1.165) is 42.7 Å². The summed E-state index contributed by atoms with van der Waals surface area (Å²) in [5.74, 6) is 0.441. The molecule has 1 heterocycles. The van der Waals surface area contributed by atoms with Crippen molar-refractivity contribution in [2.24, 2.45) is 0 Å². The molecule has 6 heteroatoms. The van der Waals surface area contributed by atoms with Crippen molar-refractivity contribution in [1.82, 2.24) is 14.9 Å². The van der Waals surface area contributed by atoms with Gasteiger partial charge in [-0.15, -0.1) is 0 Å². The van der Waals surface area contributed by atoms with Gasteiger partial charge in [-0.2, -0.15) is 0 Å². The number of anilines is 2. The SMILES string of the molecule is CCc1cccc(C)c1NC(=O)c1cnc(NCCCN(C)C)cn1. The molecule has 0 aliphatic heterocycles. The molecule has 0 saturated carbocycles. The number of carbonyl (C=O) groups excluding carboxylic acids is 1. The first-order chi connectivity index (χ1) is 12.0. The highest BCUT2D eigenvalue weighted by Gasteiger charge is 2.12. The number of aryl methyl sites for hydroxylation is 2. The van der Waals surface area contributed by atoms with Crippen LogP contribution >= 0.6 is 0 Å². The largest absolute Gasteiger partial charge is 0.369 e. The molecule has 0 unspecified atom stereocenters. The minimum absolute atomic E-state index is 0.240. The van der Waals surface area contributed by atoms with Gasteiger partial charge in [-0.1, -0.05) is 25.1 Å². The number of para-hydroxylation sites is 1. The molecule has 1 aromatic heterocycles. The summed E-state index contributed by atoms with van der Waals surface area (Å²) in [6.07, 6.45) is 4.99. The number of nitrogens with one attached hydrogen (secondary N) is 2. The Labute approximate surface area is 149 Å². The van der Waals surface area contributed by atoms with Crippen LogP contribution in [0.25, 0.3) is 0 Å². The van der Waals surface area contributed by atoms with E-state index in [4.69, 9.17) is 0 Å². The molecule has 2 aromatic rings. The molecule has 0 bridgehead atoms. The molecule has 6 nitrogen and oxygen atoms in total. The summed E-state index contributed by atoms with van der Waals surface area (Å²) in [4.78, 5) is 23.1. The average molecular weight is 341 g/mol. The first-order valence-corrected chi connectivity index (χ1v) is 8.61. The average Bonchev–Trinajstić information content (AvgIpc) is 2.60. The van der Waals surface area contributed by atoms with Crippen LogP contribution in [0.15, 0.2) is 30.6 Å². The highest BCUT2D eigenvalue weighted by molar-refractivity contribution is 6.03. The van der Waals surface area contributed by atoms with Crippen LogP contribution in [-0.4, -0.2) is 48.0 Å². The fourth-order valence-electron chi connectivity index (χ4n) is 2.53. The number of aromatic nitrogens is 2. The summed E-state index contributed by atoms with van der Waals surface area (Å²) in [5, 5.41) is 6.17. The quantitative estimate of drug-likeness (QED) is 0.723. The summed E-state index contributed by atoms with van der Waals surface area (Å²) in [5.41, 5.74) is 3.33. The van der Waals surface area contributed by atoms with E-state index in [1.165, 1.54) is 6.20 Å². The second-order valence-electron chi connectivity index (χ2n) is 6.29. The third kappa shape index (κ3) is 5.53. The third-order valence-electron chi connectivity index (χ3n) is 3.95. The van der Waals surface area contributed by atoms with Crippen LogP contribution in [0.2, 0.25) is 0 Å². The predicted octanol–water partition coefficient (Wildman–Crippen LogP) is 2.96. The number of rotatable bonds is 8. The monoisotopic (exact) mass is 341 g/mol. The summed E-state index contributed by atoms with van der Waals surface area (Å²) in [7, 11) is 4.09. The third-order valence-corrected chi connectivity index (χ3v) is 3.95. The van der Waals surface area contributed by atoms with E-state index in [1.54, 1.807) is 6.20 Å². The molecule has 0 saturated heterocycles. The van der Waals surface area contributed by atoms with Crippen molar-refractivity contribution in [3.63, 3.8) is 0 Å². The maximum absolute atomic E-state index is 12.4. The zero-order chi connectivity index (χ0) is 18.2. The number of amides is 1. The lowest BCUT2D eigenvalue weighted by Crippen LogP contribution is -2.18. The minimum Gasteiger partial charge on any atom is -0.369 e. The van der Waals surface area contributed by atoms with Crippen LogP contribution < -0.4 is 10.6 Å². The van der Waals surface area contributed by atoms with Crippen LogP contribution in [0.3, 0.4) is 0 Å². The van der Waals surface area contributed by atoms with Gasteiger partial charge in [0.25, 0.3) is 5.91 Å². The van der Waals surface area contributed by atoms with E-state index >= 15 is 0 Å². The zero-order valence-corrected chi connectivity index (χ0v) is 15.5. The lowest BCUT2D eigenvalue weighted by molar-refractivity contribution is 0.102. The highest BCUT2D eigenvalue weighted by atomic mass is 16.1. The van der Waals surface area contributed by atoms with Crippen LogP contribution in [-0.2, 0) is 6.42 Å². The Hall–Kier alpha value is -2.47. The molecule has 1 aromatic carbocycles. The van der Waals surface area contributed by atoms with E-state index < -0.39 is 0 Å². The smallest absolute Gasteiger partial charge is 0.275 e. The van der Waals surface area contributed by atoms with Gasteiger partial charge in [0.2, 0.25) is 0 Å². The Morgan fingerprint density at radius 3 is 2.64 bits per heavy atom. The minimum atomic E-state index is -0.240. The van der Waals surface area contributed by atoms with Gasteiger partial charge in [0.05, 0.1) is 12.4 Å². The van der Waals surface area contributed by atoms with E-state index in [-0.39, 0.29) is 5.91 Å². The number of nitrogens with zero attached hydrogens (tertiary/aromatic N) is 3. The Bertz CT molecular complexity index is 697. The summed E-state index contributed by atoms with van der Waals surface area (Å²) < 4.78 is 0. The molecule has 0 atom stereocenters. The van der Waals surface area contributed by atoms with E-state index in [2.05, 4.69) is 32.4 Å². The van der Waals surface area contributed by atoms with Crippen molar-refractivity contribution < 1.29 is 4.79 Å². The van der Waals surface area contributed by atoms with E-state index in [1.807, 2.05) is 39.2 Å². The van der Waals surface area contributed by atoms with Crippen molar-refractivity contribution in [3.8, 4) is 0 Å². The van der Waals surface area contributed by atoms with Crippen molar-refractivity contribution in [2.75, 3.05) is 37.8 Å². The first-order valence-electron chi connectivity index (χ1n) is 8.61. The van der Waals surface area contributed by atoms with Crippen molar-refractivity contribution in [3.05, 3.63) is 47.4 Å². The summed E-state index contributed by atoms with van der Waals surface area (Å²) in [6, 6.07) is 6.01. The van der Waals surface area contributed by atoms with Crippen molar-refractivity contribution in [2.45, 2.75) is 26.7 Å². The van der Waals surface area contributed by atoms with Gasteiger partial charge in [0, 0.05) is 12.2 Å². The molecule has 0 fully saturated rings. The topological polar surface area (TPSA) is 70.2 Å². The Kier molecular flexibility index (Phi) is 6.89. The number of hydrogen-bond donors (Lipinski definition) is 2. The summed E-state index contributed by atoms with van der Waals surface area (Å²) >= 11 is 0. The van der Waals surface area contributed by atoms with Gasteiger partial charge < -0.3 is 15.5 Å². The van der Waals surface area contributed by atoms with Gasteiger partial charge in [-0.25, -0.2) is 9.97 Å². The van der Waals surface area contributed by atoms with Gasteiger partial charge in [0.15, 0.2) is 0 Å². The van der Waals surface area contributed by atoms with E-state index in [9.17, 15) is 4.79 Å². The van der Waals surface area contributed by atoms with Gasteiger partial charge in [0.1, 0.15) is 11.5 Å². The second kappa shape index (κ2) is 9.13. The van der Waals surface area contributed by atoms with Gasteiger partial charge >= 0.3 is 0 Å². The maximum Gasteiger partial charge on any atom is 0.275 e. The Balaban J connectivity index is 1.97. The van der Waals surface area contributed by atoms with Gasteiger partial charge in [-0.3, -0.25) is 4.79 Å². The fourth-order valence-corrected chi connectivity index (χ4v) is 2.53. The number of hydrogen-bond acceptors (Lipinski definition) is 5. The lowest BCUT2D eigenvalue weighted by Gasteiger charge is -2.13. The Morgan fingerprint density at radius 2 is 2.00 bits per heavy atom. The summed E-state index contributed by atoms with van der Waals surface area (Å²) in [6.45, 7) is 5.89. The molecule has 0 spiro atoms. The fraction of sp³-hybridized carbons (Fsp3) is 0.421. The van der Waals surface area contributed by atoms with Crippen LogP contribution in [0, 0.1) is 6.92 Å². The predicted molar refractivity (Wildman–Crippen MR) is 102 cm³/mol. The van der Waals surface area contributed by atoms with E-state index in [0.29, 0.717) is 11.5 Å². The van der Waals surface area contributed by atoms with Crippen molar-refractivity contribution in [1.29, 1.82) is 0 Å². The number of benzene rings is 1. The maximum atomic E-state index is 12.4. The molecule has 0 radical (unpaired) electrons. The van der Waals surface area contributed by atoms with Crippen LogP contribution in [0.1, 0.15) is 35.0 Å². The normalized spacial score (nSPS) is 10.8. The molecule has 25 heavy (non-hydrogen) atoms. The van der Waals surface area contributed by atoms with Gasteiger partial charge in [-0.05, 0) is 51.5 Å². The van der Waals surface area contributed by atoms with Crippen LogP contribution in [0.5, 0.6) is 0 Å². The molecule has 0 aliphatic rings. The molecule has 134 valence electrons. The highest BCUT2D eigenvalue weighted by Crippen LogP contribution is 2.21.